The molecule has 1 saturated heterocycles. The molecule has 6 nitrogen and oxygen atoms in total. The number of nitrogens with one attached hydrogen (secondary N) is 1. The Morgan fingerprint density at radius 1 is 1.24 bits per heavy atom. The minimum atomic E-state index is -0.575. The second kappa shape index (κ2) is 6.95. The zero-order chi connectivity index (χ0) is 20.8. The van der Waals surface area contributed by atoms with Crippen molar-refractivity contribution in [2.45, 2.75) is 46.1 Å². The smallest absolute Gasteiger partial charge is 0.171 e. The van der Waals surface area contributed by atoms with Crippen molar-refractivity contribution in [1.29, 1.82) is 0 Å². The second-order valence-electron chi connectivity index (χ2n) is 9.27. The Morgan fingerprint density at radius 2 is 1.97 bits per heavy atom. The molecule has 0 unspecified atom stereocenters. The number of benzene rings is 1. The highest BCUT2D eigenvalue weighted by molar-refractivity contribution is 6.08. The highest BCUT2D eigenvalue weighted by Gasteiger charge is 2.28. The molecule has 3 aromatic rings. The van der Waals surface area contributed by atoms with Crippen LogP contribution in [0.1, 0.15) is 50.9 Å². The van der Waals surface area contributed by atoms with Gasteiger partial charge >= 0.3 is 0 Å². The zero-order valence-corrected chi connectivity index (χ0v) is 17.5. The lowest BCUT2D eigenvalue weighted by Crippen LogP contribution is -2.42. The molecular weight excluding hydrogens is 364 g/mol. The molecule has 2 N–H and O–H groups in total. The Labute approximate surface area is 171 Å². The summed E-state index contributed by atoms with van der Waals surface area (Å²) < 4.78 is 0. The van der Waals surface area contributed by atoms with E-state index >= 15 is 0 Å². The van der Waals surface area contributed by atoms with Crippen LogP contribution in [0.4, 0.5) is 5.69 Å². The van der Waals surface area contributed by atoms with Gasteiger partial charge in [-0.3, -0.25) is 4.79 Å². The predicted octanol–water partition coefficient (Wildman–Crippen LogP) is 4.20. The summed E-state index contributed by atoms with van der Waals surface area (Å²) in [6.07, 6.45) is 4.96. The average molecular weight is 393 g/mol. The molecule has 0 spiro atoms. The number of aromatic amines is 1. The normalized spacial score (nSPS) is 16.9. The van der Waals surface area contributed by atoms with E-state index in [9.17, 15) is 9.90 Å². The maximum Gasteiger partial charge on any atom is 0.171 e. The molecule has 152 valence electrons. The first-order chi connectivity index (χ1) is 13.6. The van der Waals surface area contributed by atoms with Crippen LogP contribution in [0.15, 0.2) is 36.7 Å². The van der Waals surface area contributed by atoms with Crippen molar-refractivity contribution in [3.05, 3.63) is 42.2 Å². The molecule has 1 aliphatic rings. The molecule has 0 aliphatic carbocycles. The third-order valence-corrected chi connectivity index (χ3v) is 5.65. The molecule has 1 aliphatic heterocycles. The number of piperidine rings is 1. The summed E-state index contributed by atoms with van der Waals surface area (Å²) in [5.74, 6) is 0.0457. The standard InChI is InChI=1S/C23H28N4O2/c1-22(2,3)20(28)17-13-24-21-19(17)26-18(14-25-21)15-6-5-7-16(12-15)27-10-8-23(4,29)9-11-27/h5-7,12-14,29H,8-11H2,1-4H3,(H,24,25). The molecule has 1 fully saturated rings. The Balaban J connectivity index is 1.68. The van der Waals surface area contributed by atoms with E-state index in [2.05, 4.69) is 27.0 Å². The minimum absolute atomic E-state index is 0.0457. The third kappa shape index (κ3) is 3.90. The maximum atomic E-state index is 12.8. The fourth-order valence-electron chi connectivity index (χ4n) is 3.72. The summed E-state index contributed by atoms with van der Waals surface area (Å²) in [5.41, 5.74) is 3.57. The fourth-order valence-corrected chi connectivity index (χ4v) is 3.72. The Morgan fingerprint density at radius 3 is 2.66 bits per heavy atom. The lowest BCUT2D eigenvalue weighted by Gasteiger charge is -2.37. The molecule has 2 aromatic heterocycles. The first-order valence-corrected chi connectivity index (χ1v) is 10.1. The number of aromatic nitrogens is 3. The maximum absolute atomic E-state index is 12.8. The van der Waals surface area contributed by atoms with Crippen molar-refractivity contribution in [1.82, 2.24) is 15.0 Å². The number of aliphatic hydroxyl groups is 1. The van der Waals surface area contributed by atoms with Crippen molar-refractivity contribution in [2.75, 3.05) is 18.0 Å². The molecule has 0 amide bonds. The van der Waals surface area contributed by atoms with Gasteiger partial charge in [-0.2, -0.15) is 0 Å². The quantitative estimate of drug-likeness (QED) is 0.653. The van der Waals surface area contributed by atoms with Gasteiger partial charge in [-0.05, 0) is 31.9 Å². The Hall–Kier alpha value is -2.73. The first-order valence-electron chi connectivity index (χ1n) is 10.1. The second-order valence-corrected chi connectivity index (χ2v) is 9.27. The van der Waals surface area contributed by atoms with Gasteiger partial charge in [0.1, 0.15) is 5.52 Å². The number of ketones is 1. The largest absolute Gasteiger partial charge is 0.390 e. The van der Waals surface area contributed by atoms with Crippen LogP contribution in [-0.2, 0) is 0 Å². The molecule has 0 bridgehead atoms. The van der Waals surface area contributed by atoms with Crippen LogP contribution in [0, 0.1) is 5.41 Å². The predicted molar refractivity (Wildman–Crippen MR) is 115 cm³/mol. The summed E-state index contributed by atoms with van der Waals surface area (Å²) >= 11 is 0. The lowest BCUT2D eigenvalue weighted by atomic mass is 9.87. The number of carbonyl (C=O) groups excluding carboxylic acids is 1. The van der Waals surface area contributed by atoms with E-state index in [1.54, 1.807) is 12.4 Å². The molecule has 0 atom stereocenters. The highest BCUT2D eigenvalue weighted by Crippen LogP contribution is 2.30. The summed E-state index contributed by atoms with van der Waals surface area (Å²) in [4.78, 5) is 27.4. The van der Waals surface area contributed by atoms with Crippen molar-refractivity contribution < 1.29 is 9.90 Å². The molecule has 3 heterocycles. The zero-order valence-electron chi connectivity index (χ0n) is 17.5. The van der Waals surface area contributed by atoms with Crippen LogP contribution in [0.2, 0.25) is 0 Å². The van der Waals surface area contributed by atoms with Crippen LogP contribution in [0.25, 0.3) is 22.4 Å². The van der Waals surface area contributed by atoms with E-state index in [4.69, 9.17) is 4.98 Å². The van der Waals surface area contributed by atoms with Gasteiger partial charge in [0.15, 0.2) is 11.4 Å². The van der Waals surface area contributed by atoms with Crippen LogP contribution in [0.5, 0.6) is 0 Å². The summed E-state index contributed by atoms with van der Waals surface area (Å²) in [6, 6.07) is 8.22. The van der Waals surface area contributed by atoms with Gasteiger partial charge in [0, 0.05) is 36.0 Å². The van der Waals surface area contributed by atoms with Gasteiger partial charge in [0.25, 0.3) is 0 Å². The molecule has 0 saturated carbocycles. The van der Waals surface area contributed by atoms with E-state index in [1.165, 1.54) is 0 Å². The van der Waals surface area contributed by atoms with Gasteiger partial charge in [-0.1, -0.05) is 32.9 Å². The van der Waals surface area contributed by atoms with E-state index < -0.39 is 11.0 Å². The molecule has 6 heteroatoms. The van der Waals surface area contributed by atoms with E-state index in [1.807, 2.05) is 39.8 Å². The number of fused-ring (bicyclic) bond motifs is 1. The number of Topliss-reactive ketones (excluding diaryl/α,β-unsaturated/α-hetero) is 1. The highest BCUT2D eigenvalue weighted by atomic mass is 16.3. The van der Waals surface area contributed by atoms with Crippen molar-refractivity contribution in [2.24, 2.45) is 5.41 Å². The van der Waals surface area contributed by atoms with Gasteiger partial charge in [0.05, 0.1) is 23.1 Å². The van der Waals surface area contributed by atoms with E-state index in [0.29, 0.717) is 16.7 Å². The van der Waals surface area contributed by atoms with Crippen LogP contribution in [0.3, 0.4) is 0 Å². The molecule has 4 rings (SSSR count). The van der Waals surface area contributed by atoms with Crippen molar-refractivity contribution >= 4 is 22.6 Å². The van der Waals surface area contributed by atoms with Crippen molar-refractivity contribution in [3.63, 3.8) is 0 Å². The van der Waals surface area contributed by atoms with E-state index in [0.717, 1.165) is 42.9 Å². The number of hydrogen-bond acceptors (Lipinski definition) is 5. The minimum Gasteiger partial charge on any atom is -0.390 e. The Bertz CT molecular complexity index is 1050. The van der Waals surface area contributed by atoms with Crippen LogP contribution < -0.4 is 4.90 Å². The molecule has 1 aromatic carbocycles. The van der Waals surface area contributed by atoms with Gasteiger partial charge in [-0.25, -0.2) is 9.97 Å². The number of carbonyl (C=O) groups is 1. The summed E-state index contributed by atoms with van der Waals surface area (Å²) in [6.45, 7) is 9.27. The molecule has 0 radical (unpaired) electrons. The monoisotopic (exact) mass is 392 g/mol. The van der Waals surface area contributed by atoms with Crippen LogP contribution in [-0.4, -0.2) is 44.5 Å². The number of rotatable bonds is 3. The first kappa shape index (κ1) is 19.6. The topological polar surface area (TPSA) is 82.1 Å². The van der Waals surface area contributed by atoms with Gasteiger partial charge < -0.3 is 15.0 Å². The Kier molecular flexibility index (Phi) is 4.69. The van der Waals surface area contributed by atoms with Gasteiger partial charge in [-0.15, -0.1) is 0 Å². The average Bonchev–Trinajstić information content (AvgIpc) is 3.09. The van der Waals surface area contributed by atoms with E-state index in [-0.39, 0.29) is 5.78 Å². The SMILES string of the molecule is CC1(O)CCN(c2cccc(-c3cnc4[nH]cc(C(=O)C(C)(C)C)c4n3)c2)CC1. The number of anilines is 1. The van der Waals surface area contributed by atoms with Crippen molar-refractivity contribution in [3.8, 4) is 11.3 Å². The third-order valence-electron chi connectivity index (χ3n) is 5.65. The van der Waals surface area contributed by atoms with Crippen LogP contribution >= 0.6 is 0 Å². The molecular formula is C23H28N4O2. The van der Waals surface area contributed by atoms with Gasteiger partial charge in [0.2, 0.25) is 0 Å². The number of hydrogen-bond donors (Lipinski definition) is 2. The lowest BCUT2D eigenvalue weighted by molar-refractivity contribution is 0.0351. The number of nitrogens with zero attached hydrogens (tertiary/aromatic N) is 3. The summed E-state index contributed by atoms with van der Waals surface area (Å²) in [7, 11) is 0. The fraction of sp³-hybridized carbons (Fsp3) is 0.435. The number of H-pyrrole nitrogens is 1. The summed E-state index contributed by atoms with van der Waals surface area (Å²) in [5, 5.41) is 10.2. The molecule has 29 heavy (non-hydrogen) atoms.